The Labute approximate surface area is 125 Å². The van der Waals surface area contributed by atoms with Crippen LogP contribution in [0.3, 0.4) is 0 Å². The van der Waals surface area contributed by atoms with E-state index in [1.807, 2.05) is 26.8 Å². The first-order valence-corrected chi connectivity index (χ1v) is 8.47. The maximum atomic E-state index is 11.1. The maximum absolute atomic E-state index is 11.1. The molecule has 1 atom stereocenters. The van der Waals surface area contributed by atoms with Gasteiger partial charge in [0.1, 0.15) is 0 Å². The van der Waals surface area contributed by atoms with Crippen molar-refractivity contribution in [3.05, 3.63) is 11.6 Å². The number of carboxylic acid groups (broad SMARTS) is 1. The Hall–Kier alpha value is -1.17. The number of carbonyl (C=O) groups is 2. The Morgan fingerprint density at radius 3 is 1.90 bits per heavy atom. The van der Waals surface area contributed by atoms with E-state index in [1.165, 1.54) is 6.92 Å². The van der Waals surface area contributed by atoms with Crippen molar-refractivity contribution < 1.29 is 33.8 Å². The van der Waals surface area contributed by atoms with Crippen LogP contribution in [0.15, 0.2) is 11.6 Å². The zero-order chi connectivity index (χ0) is 17.1. The minimum absolute atomic E-state index is 0.0559. The summed E-state index contributed by atoms with van der Waals surface area (Å²) in [6.45, 7) is 7.65. The summed E-state index contributed by atoms with van der Waals surface area (Å²) in [5, 5.41) is 8.22. The fourth-order valence-electron chi connectivity index (χ4n) is 1.40. The van der Waals surface area contributed by atoms with Crippen molar-refractivity contribution in [3.63, 3.8) is 0 Å². The number of ether oxygens (including phenoxy) is 1. The first-order valence-electron chi connectivity index (χ1n) is 6.79. The highest BCUT2D eigenvalue weighted by molar-refractivity contribution is 7.53. The van der Waals surface area contributed by atoms with Crippen LogP contribution in [0.4, 0.5) is 0 Å². The van der Waals surface area contributed by atoms with E-state index in [-0.39, 0.29) is 12.4 Å². The van der Waals surface area contributed by atoms with Crippen molar-refractivity contribution >= 4 is 19.5 Å². The van der Waals surface area contributed by atoms with Crippen LogP contribution in [-0.4, -0.2) is 39.1 Å². The molecule has 0 aromatic carbocycles. The summed E-state index contributed by atoms with van der Waals surface area (Å²) in [5.41, 5.74) is -0.762. The van der Waals surface area contributed by atoms with Crippen LogP contribution in [0, 0.1) is 0 Å². The quantitative estimate of drug-likeness (QED) is 0.373. The number of hydrogen-bond acceptors (Lipinski definition) is 4. The largest absolute Gasteiger partial charge is 0.481 e. The van der Waals surface area contributed by atoms with Crippen LogP contribution in [0.25, 0.3) is 0 Å². The van der Waals surface area contributed by atoms with Gasteiger partial charge in [-0.2, -0.15) is 0 Å². The van der Waals surface area contributed by atoms with Gasteiger partial charge in [0.2, 0.25) is 0 Å². The van der Waals surface area contributed by atoms with E-state index in [1.54, 1.807) is 0 Å². The predicted octanol–water partition coefficient (Wildman–Crippen LogP) is 2.32. The molecule has 0 bridgehead atoms. The van der Waals surface area contributed by atoms with Gasteiger partial charge in [0.05, 0.1) is 6.61 Å². The minimum atomic E-state index is -4.43. The van der Waals surface area contributed by atoms with Gasteiger partial charge in [-0.05, 0) is 26.2 Å². The summed E-state index contributed by atoms with van der Waals surface area (Å²) in [4.78, 5) is 37.9. The third-order valence-electron chi connectivity index (χ3n) is 2.45. The Morgan fingerprint density at radius 2 is 1.71 bits per heavy atom. The molecular weight excluding hydrogens is 299 g/mol. The summed E-state index contributed by atoms with van der Waals surface area (Å²) in [6.07, 6.45) is 3.51. The summed E-state index contributed by atoms with van der Waals surface area (Å²) in [5.74, 6) is -1.62. The van der Waals surface area contributed by atoms with E-state index in [9.17, 15) is 14.2 Å². The molecule has 0 aromatic rings. The first kappa shape index (κ1) is 22.1. The molecule has 21 heavy (non-hydrogen) atoms. The normalized spacial score (nSPS) is 13.0. The van der Waals surface area contributed by atoms with E-state index in [0.717, 1.165) is 18.4 Å². The fourth-order valence-corrected chi connectivity index (χ4v) is 2.16. The molecule has 3 N–H and O–H groups in total. The van der Waals surface area contributed by atoms with Crippen molar-refractivity contribution in [3.8, 4) is 0 Å². The predicted molar refractivity (Wildman–Crippen MR) is 79.1 cm³/mol. The highest BCUT2D eigenvalue weighted by Gasteiger charge is 2.33. The van der Waals surface area contributed by atoms with Crippen molar-refractivity contribution in [1.82, 2.24) is 0 Å². The van der Waals surface area contributed by atoms with E-state index in [0.29, 0.717) is 6.61 Å². The van der Waals surface area contributed by atoms with Crippen molar-refractivity contribution in [2.45, 2.75) is 52.6 Å². The second-order valence-corrected chi connectivity index (χ2v) is 5.86. The maximum Gasteiger partial charge on any atom is 0.339 e. The number of rotatable bonds is 7. The molecular formula is C13H25O7P. The molecule has 0 saturated heterocycles. The first-order chi connectivity index (χ1) is 9.65. The van der Waals surface area contributed by atoms with Crippen molar-refractivity contribution in [2.24, 2.45) is 0 Å². The van der Waals surface area contributed by atoms with Gasteiger partial charge in [0, 0.05) is 5.57 Å². The van der Waals surface area contributed by atoms with Crippen LogP contribution >= 0.6 is 7.60 Å². The van der Waals surface area contributed by atoms with Gasteiger partial charge in [-0.25, -0.2) is 4.79 Å². The molecule has 0 spiro atoms. The van der Waals surface area contributed by atoms with Gasteiger partial charge in [-0.3, -0.25) is 9.36 Å². The fraction of sp³-hybridized carbons (Fsp3) is 0.692. The number of carboxylic acids is 1. The minimum Gasteiger partial charge on any atom is -0.481 e. The van der Waals surface area contributed by atoms with Gasteiger partial charge in [0.15, 0.2) is 5.66 Å². The van der Waals surface area contributed by atoms with E-state index >= 15 is 0 Å². The summed E-state index contributed by atoms with van der Waals surface area (Å²) in [7, 11) is -4.43. The molecule has 0 heterocycles. The third kappa shape index (κ3) is 10.2. The van der Waals surface area contributed by atoms with Gasteiger partial charge < -0.3 is 19.6 Å². The molecule has 0 rings (SSSR count). The highest BCUT2D eigenvalue weighted by atomic mass is 31.2. The van der Waals surface area contributed by atoms with Crippen LogP contribution in [0.2, 0.25) is 0 Å². The average molecular weight is 324 g/mol. The Kier molecular flexibility index (Phi) is 12.1. The number of hydrogen-bond donors (Lipinski definition) is 3. The van der Waals surface area contributed by atoms with Crippen LogP contribution in [0.5, 0.6) is 0 Å². The van der Waals surface area contributed by atoms with Crippen LogP contribution < -0.4 is 0 Å². The van der Waals surface area contributed by atoms with Crippen LogP contribution in [-0.2, 0) is 18.9 Å². The average Bonchev–Trinajstić information content (AvgIpc) is 2.35. The lowest BCUT2D eigenvalue weighted by molar-refractivity contribution is -0.139. The molecule has 0 amide bonds. The molecule has 0 aliphatic carbocycles. The van der Waals surface area contributed by atoms with Gasteiger partial charge in [-0.15, -0.1) is 0 Å². The van der Waals surface area contributed by atoms with E-state index in [2.05, 4.69) is 0 Å². The van der Waals surface area contributed by atoms with E-state index in [4.69, 9.17) is 19.6 Å². The molecule has 124 valence electrons. The molecule has 7 nitrogen and oxygen atoms in total. The second-order valence-electron chi connectivity index (χ2n) is 4.06. The Balaban J connectivity index is 0. The second kappa shape index (κ2) is 11.5. The van der Waals surface area contributed by atoms with Gasteiger partial charge in [-0.1, -0.05) is 26.8 Å². The van der Waals surface area contributed by atoms with Crippen LogP contribution in [0.1, 0.15) is 47.0 Å². The standard InChI is InChI=1S/C9H16O2.C4H9O5P/c1-4-7-8(5-2)9(10)11-6-3;1-2-3(4(5)6)10(7,8)9/h7H,4-6H2,1-3H3;3H,2H2,1H3,(H,5,6)(H2,7,8,9). The molecule has 8 heteroatoms. The lowest BCUT2D eigenvalue weighted by Crippen LogP contribution is -2.18. The molecule has 0 fully saturated rings. The molecule has 1 unspecified atom stereocenters. The molecule has 0 saturated carbocycles. The number of allylic oxidation sites excluding steroid dienone is 1. The molecule has 0 radical (unpaired) electrons. The highest BCUT2D eigenvalue weighted by Crippen LogP contribution is 2.42. The topological polar surface area (TPSA) is 121 Å². The number of aliphatic carboxylic acids is 1. The lowest BCUT2D eigenvalue weighted by atomic mass is 10.2. The van der Waals surface area contributed by atoms with Crippen molar-refractivity contribution in [2.75, 3.05) is 6.61 Å². The SMILES string of the molecule is CCC(C(=O)O)P(=O)(O)O.CCC=C(CC)C(=O)OCC. The monoisotopic (exact) mass is 324 g/mol. The smallest absolute Gasteiger partial charge is 0.339 e. The number of carbonyl (C=O) groups excluding carboxylic acids is 1. The van der Waals surface area contributed by atoms with Gasteiger partial charge >= 0.3 is 19.5 Å². The molecule has 0 aliphatic rings. The van der Waals surface area contributed by atoms with Crippen molar-refractivity contribution in [1.29, 1.82) is 0 Å². The zero-order valence-electron chi connectivity index (χ0n) is 12.9. The number of esters is 1. The summed E-state index contributed by atoms with van der Waals surface area (Å²) >= 11 is 0. The zero-order valence-corrected chi connectivity index (χ0v) is 13.8. The molecule has 0 aromatic heterocycles. The summed E-state index contributed by atoms with van der Waals surface area (Å²) < 4.78 is 15.2. The summed E-state index contributed by atoms with van der Waals surface area (Å²) in [6, 6.07) is 0. The third-order valence-corrected chi connectivity index (χ3v) is 3.84. The van der Waals surface area contributed by atoms with Gasteiger partial charge in [0.25, 0.3) is 0 Å². The Bertz CT molecular complexity index is 397. The lowest BCUT2D eigenvalue weighted by Gasteiger charge is -2.10. The van der Waals surface area contributed by atoms with E-state index < -0.39 is 19.2 Å². The molecule has 0 aliphatic heterocycles. The Morgan fingerprint density at radius 1 is 1.19 bits per heavy atom.